The summed E-state index contributed by atoms with van der Waals surface area (Å²) in [6.45, 7) is 17.5. The predicted molar refractivity (Wildman–Crippen MR) is 192 cm³/mol. The molecular weight excluding hydrogens is 640 g/mol. The zero-order valence-electron chi connectivity index (χ0n) is 31.7. The standard InChI is InChI=1S/C38H60N4O8/c1-10-48-19-16-28(20-25(2)3)39-33(43)26-21-27(24-40(23-26)36(46)50-37(4,5)6)34(44)42(29-12-13-29)30-14-15-32-31(22-30)41(17-11-18-47-9)35(45)38(7,8)49-32/h14-15,22,25-29H,10-13,16-21,23-24H2,1-9H3,(H,39,43)/t26-,27+,28-/m0/s1. The molecule has 1 saturated carbocycles. The zero-order valence-corrected chi connectivity index (χ0v) is 31.7. The van der Waals surface area contributed by atoms with Crippen LogP contribution in [0.2, 0.25) is 0 Å². The van der Waals surface area contributed by atoms with Gasteiger partial charge in [-0.1, -0.05) is 13.8 Å². The number of carbonyl (C=O) groups is 4. The summed E-state index contributed by atoms with van der Waals surface area (Å²) in [5.74, 6) is -0.769. The second-order valence-electron chi connectivity index (χ2n) is 15.8. The Hall–Kier alpha value is -3.38. The van der Waals surface area contributed by atoms with Gasteiger partial charge in [0.1, 0.15) is 11.4 Å². The van der Waals surface area contributed by atoms with E-state index in [1.807, 2.05) is 25.1 Å². The summed E-state index contributed by atoms with van der Waals surface area (Å²) in [6.07, 6.45) is 3.56. The van der Waals surface area contributed by atoms with Crippen molar-refractivity contribution < 1.29 is 38.1 Å². The van der Waals surface area contributed by atoms with E-state index in [-0.39, 0.29) is 42.9 Å². The van der Waals surface area contributed by atoms with Gasteiger partial charge in [-0.15, -0.1) is 0 Å². The minimum Gasteiger partial charge on any atom is -0.476 e. The quantitative estimate of drug-likeness (QED) is 0.236. The molecule has 2 heterocycles. The van der Waals surface area contributed by atoms with Crippen LogP contribution >= 0.6 is 0 Å². The van der Waals surface area contributed by atoms with Gasteiger partial charge in [0.2, 0.25) is 11.8 Å². The fourth-order valence-corrected chi connectivity index (χ4v) is 6.79. The number of fused-ring (bicyclic) bond motifs is 1. The maximum absolute atomic E-state index is 14.6. The Labute approximate surface area is 298 Å². The molecule has 0 unspecified atom stereocenters. The van der Waals surface area contributed by atoms with E-state index in [2.05, 4.69) is 19.2 Å². The Kier molecular flexibility index (Phi) is 13.2. The number of nitrogens with one attached hydrogen (secondary N) is 1. The molecule has 0 aromatic heterocycles. The van der Waals surface area contributed by atoms with E-state index in [1.165, 1.54) is 4.90 Å². The van der Waals surface area contributed by atoms with Crippen LogP contribution in [0.5, 0.6) is 5.75 Å². The molecule has 12 heteroatoms. The highest BCUT2D eigenvalue weighted by atomic mass is 16.6. The molecule has 12 nitrogen and oxygen atoms in total. The third-order valence-electron chi connectivity index (χ3n) is 9.26. The van der Waals surface area contributed by atoms with Crippen LogP contribution in [0.3, 0.4) is 0 Å². The molecule has 1 aliphatic carbocycles. The van der Waals surface area contributed by atoms with E-state index in [1.54, 1.807) is 51.5 Å². The molecule has 1 aromatic carbocycles. The summed E-state index contributed by atoms with van der Waals surface area (Å²) in [5.41, 5.74) is -0.499. The molecule has 0 spiro atoms. The average Bonchev–Trinajstić information content (AvgIpc) is 3.87. The molecule has 2 aliphatic heterocycles. The predicted octanol–water partition coefficient (Wildman–Crippen LogP) is 5.55. The maximum atomic E-state index is 14.6. The SMILES string of the molecule is CCOCC[C@@H](CC(C)C)NC(=O)[C@H]1C[C@@H](C(=O)N(c2ccc3c(c2)N(CCCOC)C(=O)C(C)(C)O3)C2CC2)CN(C(=O)OC(C)(C)C)C1. The lowest BCUT2D eigenvalue weighted by Gasteiger charge is -2.40. The Bertz CT molecular complexity index is 1350. The van der Waals surface area contributed by atoms with Crippen molar-refractivity contribution in [2.24, 2.45) is 17.8 Å². The highest BCUT2D eigenvalue weighted by Gasteiger charge is 2.45. The second kappa shape index (κ2) is 16.8. The fourth-order valence-electron chi connectivity index (χ4n) is 6.79. The van der Waals surface area contributed by atoms with E-state index in [9.17, 15) is 19.2 Å². The molecule has 1 N–H and O–H groups in total. The summed E-state index contributed by atoms with van der Waals surface area (Å²) in [6, 6.07) is 5.45. The number of rotatable bonds is 15. The molecule has 280 valence electrons. The molecule has 0 bridgehead atoms. The third-order valence-corrected chi connectivity index (χ3v) is 9.26. The van der Waals surface area contributed by atoms with E-state index in [4.69, 9.17) is 18.9 Å². The average molecular weight is 701 g/mol. The summed E-state index contributed by atoms with van der Waals surface area (Å²) < 4.78 is 22.7. The first kappa shape index (κ1) is 39.4. The van der Waals surface area contributed by atoms with Crippen molar-refractivity contribution in [3.05, 3.63) is 18.2 Å². The summed E-state index contributed by atoms with van der Waals surface area (Å²) in [5, 5.41) is 3.23. The molecule has 3 aliphatic rings. The Morgan fingerprint density at radius 3 is 2.42 bits per heavy atom. The smallest absolute Gasteiger partial charge is 0.410 e. The fraction of sp³-hybridized carbons (Fsp3) is 0.737. The van der Waals surface area contributed by atoms with Gasteiger partial charge in [-0.25, -0.2) is 4.79 Å². The highest BCUT2D eigenvalue weighted by molar-refractivity contribution is 6.04. The van der Waals surface area contributed by atoms with Crippen molar-refractivity contribution in [3.63, 3.8) is 0 Å². The Morgan fingerprint density at radius 2 is 1.80 bits per heavy atom. The molecule has 3 atom stereocenters. The van der Waals surface area contributed by atoms with Crippen molar-refractivity contribution in [1.29, 1.82) is 0 Å². The van der Waals surface area contributed by atoms with E-state index >= 15 is 0 Å². The number of methoxy groups -OCH3 is 1. The number of hydrogen-bond donors (Lipinski definition) is 1. The van der Waals surface area contributed by atoms with Crippen LogP contribution in [-0.4, -0.2) is 98.6 Å². The van der Waals surface area contributed by atoms with Crippen LogP contribution in [0.4, 0.5) is 16.2 Å². The molecule has 0 radical (unpaired) electrons. The van der Waals surface area contributed by atoms with Gasteiger partial charge in [0.05, 0.1) is 17.5 Å². The van der Waals surface area contributed by atoms with Gasteiger partial charge >= 0.3 is 6.09 Å². The number of carbonyl (C=O) groups excluding carboxylic acids is 4. The molecule has 1 aromatic rings. The van der Waals surface area contributed by atoms with Gasteiger partial charge in [-0.05, 0) is 104 Å². The van der Waals surface area contributed by atoms with E-state index in [0.717, 1.165) is 19.3 Å². The lowest BCUT2D eigenvalue weighted by molar-refractivity contribution is -0.133. The number of amides is 4. The zero-order chi connectivity index (χ0) is 36.8. The number of anilines is 2. The molecule has 4 rings (SSSR count). The van der Waals surface area contributed by atoms with E-state index < -0.39 is 29.1 Å². The number of nitrogens with zero attached hydrogens (tertiary/aromatic N) is 3. The third kappa shape index (κ3) is 10.3. The summed E-state index contributed by atoms with van der Waals surface area (Å²) in [4.78, 5) is 60.5. The largest absolute Gasteiger partial charge is 0.476 e. The van der Waals surface area contributed by atoms with Crippen LogP contribution in [0, 0.1) is 17.8 Å². The molecular formula is C38H60N4O8. The van der Waals surface area contributed by atoms with E-state index in [0.29, 0.717) is 68.7 Å². The molecule has 50 heavy (non-hydrogen) atoms. The van der Waals surface area contributed by atoms with Crippen molar-refractivity contribution in [2.75, 3.05) is 56.4 Å². The minimum absolute atomic E-state index is 0.0164. The van der Waals surface area contributed by atoms with Crippen molar-refractivity contribution in [1.82, 2.24) is 10.2 Å². The molecule has 2 fully saturated rings. The number of ether oxygens (including phenoxy) is 4. The van der Waals surface area contributed by atoms with Crippen LogP contribution in [0.25, 0.3) is 0 Å². The molecule has 1 saturated heterocycles. The van der Waals surface area contributed by atoms with Gasteiger partial charge in [0.15, 0.2) is 5.60 Å². The first-order valence-corrected chi connectivity index (χ1v) is 18.4. The number of benzene rings is 1. The Morgan fingerprint density at radius 1 is 1.10 bits per heavy atom. The molecule has 4 amide bonds. The van der Waals surface area contributed by atoms with Crippen molar-refractivity contribution in [2.45, 2.75) is 117 Å². The van der Waals surface area contributed by atoms with Crippen LogP contribution in [0.15, 0.2) is 18.2 Å². The first-order chi connectivity index (χ1) is 23.5. The maximum Gasteiger partial charge on any atom is 0.410 e. The number of piperidine rings is 1. The van der Waals surface area contributed by atoms with Gasteiger partial charge in [0, 0.05) is 64.3 Å². The van der Waals surface area contributed by atoms with Gasteiger partial charge in [0.25, 0.3) is 5.91 Å². The highest BCUT2D eigenvalue weighted by Crippen LogP contribution is 2.43. The lowest BCUT2D eigenvalue weighted by Crippen LogP contribution is -2.54. The first-order valence-electron chi connectivity index (χ1n) is 18.4. The summed E-state index contributed by atoms with van der Waals surface area (Å²) in [7, 11) is 1.63. The second-order valence-corrected chi connectivity index (χ2v) is 15.8. The minimum atomic E-state index is -1.03. The number of hydrogen-bond acceptors (Lipinski definition) is 8. The number of likely N-dealkylation sites (tertiary alicyclic amines) is 1. The van der Waals surface area contributed by atoms with Crippen LogP contribution in [0.1, 0.15) is 93.9 Å². The van der Waals surface area contributed by atoms with Gasteiger partial charge < -0.3 is 39.0 Å². The normalized spacial score (nSPS) is 21.0. The van der Waals surface area contributed by atoms with Crippen LogP contribution < -0.4 is 19.9 Å². The lowest BCUT2D eigenvalue weighted by atomic mass is 9.87. The van der Waals surface area contributed by atoms with Crippen LogP contribution in [-0.2, 0) is 28.6 Å². The monoisotopic (exact) mass is 700 g/mol. The summed E-state index contributed by atoms with van der Waals surface area (Å²) >= 11 is 0. The Balaban J connectivity index is 1.63. The van der Waals surface area contributed by atoms with Gasteiger partial charge in [-0.3, -0.25) is 14.4 Å². The van der Waals surface area contributed by atoms with Crippen molar-refractivity contribution >= 4 is 35.2 Å². The van der Waals surface area contributed by atoms with Crippen molar-refractivity contribution in [3.8, 4) is 5.75 Å². The topological polar surface area (TPSA) is 127 Å². The van der Waals surface area contributed by atoms with Gasteiger partial charge in [-0.2, -0.15) is 0 Å².